The maximum absolute atomic E-state index is 10.8. The van der Waals surface area contributed by atoms with Crippen molar-refractivity contribution in [2.24, 2.45) is 0 Å². The van der Waals surface area contributed by atoms with E-state index in [0.29, 0.717) is 0 Å². The highest BCUT2D eigenvalue weighted by Gasteiger charge is 2.03. The SMILES string of the molecule is C=COC(=O)CN(C=C)CC.O. The van der Waals surface area contributed by atoms with E-state index in [4.69, 9.17) is 0 Å². The fourth-order valence-corrected chi connectivity index (χ4v) is 0.601. The number of carbonyl (C=O) groups is 1. The Kier molecular flexibility index (Phi) is 8.67. The van der Waals surface area contributed by atoms with Crippen LogP contribution in [0.3, 0.4) is 0 Å². The molecule has 0 aliphatic carbocycles. The summed E-state index contributed by atoms with van der Waals surface area (Å²) in [5, 5.41) is 0. The van der Waals surface area contributed by atoms with E-state index in [1.165, 1.54) is 0 Å². The minimum absolute atomic E-state index is 0. The quantitative estimate of drug-likeness (QED) is 0.444. The highest BCUT2D eigenvalue weighted by Crippen LogP contribution is 1.89. The highest BCUT2D eigenvalue weighted by atomic mass is 16.5. The van der Waals surface area contributed by atoms with Crippen molar-refractivity contribution in [3.63, 3.8) is 0 Å². The Hall–Kier alpha value is -1.29. The molecule has 0 aromatic heterocycles. The summed E-state index contributed by atoms with van der Waals surface area (Å²) < 4.78 is 4.51. The van der Waals surface area contributed by atoms with Crippen LogP contribution in [0.4, 0.5) is 0 Å². The standard InChI is InChI=1S/C8H13NO2.H2O/c1-4-9(5-2)7-8(10)11-6-3;/h4,6H,1,3,5,7H2,2H3;1H2. The van der Waals surface area contributed by atoms with E-state index in [0.717, 1.165) is 12.8 Å². The van der Waals surface area contributed by atoms with Gasteiger partial charge in [0, 0.05) is 6.54 Å². The second-order valence-electron chi connectivity index (χ2n) is 1.90. The van der Waals surface area contributed by atoms with Gasteiger partial charge in [0.1, 0.15) is 6.54 Å². The molecule has 0 aromatic carbocycles. The van der Waals surface area contributed by atoms with Crippen molar-refractivity contribution in [2.45, 2.75) is 6.92 Å². The third-order valence-corrected chi connectivity index (χ3v) is 1.21. The first-order valence-corrected chi connectivity index (χ1v) is 3.41. The van der Waals surface area contributed by atoms with E-state index in [9.17, 15) is 4.79 Å². The van der Waals surface area contributed by atoms with Crippen LogP contribution >= 0.6 is 0 Å². The van der Waals surface area contributed by atoms with Gasteiger partial charge in [-0.05, 0) is 13.1 Å². The predicted molar refractivity (Wildman–Crippen MR) is 47.3 cm³/mol. The minimum Gasteiger partial charge on any atom is -0.434 e. The summed E-state index contributed by atoms with van der Waals surface area (Å²) in [7, 11) is 0. The van der Waals surface area contributed by atoms with Crippen LogP contribution in [0.25, 0.3) is 0 Å². The van der Waals surface area contributed by atoms with E-state index < -0.39 is 0 Å². The number of nitrogens with zero attached hydrogens (tertiary/aromatic N) is 1. The fourth-order valence-electron chi connectivity index (χ4n) is 0.601. The van der Waals surface area contributed by atoms with Crippen LogP contribution < -0.4 is 0 Å². The molecule has 0 aliphatic heterocycles. The lowest BCUT2D eigenvalue weighted by Crippen LogP contribution is -2.24. The number of esters is 1. The molecule has 0 amide bonds. The van der Waals surface area contributed by atoms with Crippen LogP contribution in [0.5, 0.6) is 0 Å². The lowest BCUT2D eigenvalue weighted by molar-refractivity contribution is -0.138. The Balaban J connectivity index is 0. The van der Waals surface area contributed by atoms with Gasteiger partial charge >= 0.3 is 5.97 Å². The summed E-state index contributed by atoms with van der Waals surface area (Å²) in [5.41, 5.74) is 0. The molecule has 0 rings (SSSR count). The van der Waals surface area contributed by atoms with Gasteiger partial charge in [0.25, 0.3) is 0 Å². The summed E-state index contributed by atoms with van der Waals surface area (Å²) in [4.78, 5) is 12.5. The Morgan fingerprint density at radius 2 is 2.17 bits per heavy atom. The Morgan fingerprint density at radius 1 is 1.58 bits per heavy atom. The van der Waals surface area contributed by atoms with Crippen molar-refractivity contribution in [1.82, 2.24) is 4.90 Å². The second-order valence-corrected chi connectivity index (χ2v) is 1.90. The topological polar surface area (TPSA) is 61.0 Å². The summed E-state index contributed by atoms with van der Waals surface area (Å²) in [6.07, 6.45) is 2.73. The predicted octanol–water partition coefficient (Wildman–Crippen LogP) is 0.314. The summed E-state index contributed by atoms with van der Waals surface area (Å²) >= 11 is 0. The van der Waals surface area contributed by atoms with E-state index in [1.54, 1.807) is 11.1 Å². The molecule has 4 nitrogen and oxygen atoms in total. The van der Waals surface area contributed by atoms with Crippen molar-refractivity contribution < 1.29 is 15.0 Å². The molecule has 0 atom stereocenters. The zero-order valence-electron chi connectivity index (χ0n) is 7.25. The molecule has 0 saturated heterocycles. The lowest BCUT2D eigenvalue weighted by atomic mass is 10.5. The first-order chi connectivity index (χ1) is 5.24. The Bertz CT molecular complexity index is 156. The molecule has 0 bridgehead atoms. The minimum atomic E-state index is -0.318. The largest absolute Gasteiger partial charge is 0.434 e. The van der Waals surface area contributed by atoms with Crippen LogP contribution in [-0.4, -0.2) is 29.4 Å². The molecule has 12 heavy (non-hydrogen) atoms. The summed E-state index contributed by atoms with van der Waals surface area (Å²) in [6, 6.07) is 0. The zero-order valence-corrected chi connectivity index (χ0v) is 7.25. The van der Waals surface area contributed by atoms with Gasteiger partial charge in [0.15, 0.2) is 0 Å². The van der Waals surface area contributed by atoms with Gasteiger partial charge in [-0.1, -0.05) is 13.2 Å². The number of ether oxygens (including phenoxy) is 1. The third kappa shape index (κ3) is 5.49. The zero-order chi connectivity index (χ0) is 8.69. The summed E-state index contributed by atoms with van der Waals surface area (Å²) in [5.74, 6) is -0.318. The average Bonchev–Trinajstić information content (AvgIpc) is 2.01. The Morgan fingerprint density at radius 3 is 2.50 bits per heavy atom. The van der Waals surface area contributed by atoms with E-state index >= 15 is 0 Å². The first kappa shape index (κ1) is 13.3. The van der Waals surface area contributed by atoms with Crippen LogP contribution in [-0.2, 0) is 9.53 Å². The fraction of sp³-hybridized carbons (Fsp3) is 0.375. The molecule has 70 valence electrons. The van der Waals surface area contributed by atoms with Crippen LogP contribution in [0.15, 0.2) is 25.6 Å². The van der Waals surface area contributed by atoms with Crippen molar-refractivity contribution in [1.29, 1.82) is 0 Å². The van der Waals surface area contributed by atoms with Gasteiger partial charge in [0.2, 0.25) is 0 Å². The Labute approximate surface area is 72.4 Å². The van der Waals surface area contributed by atoms with Crippen LogP contribution in [0.2, 0.25) is 0 Å². The molecule has 0 aromatic rings. The molecule has 2 N–H and O–H groups in total. The van der Waals surface area contributed by atoms with Crippen molar-refractivity contribution in [2.75, 3.05) is 13.1 Å². The maximum atomic E-state index is 10.8. The van der Waals surface area contributed by atoms with E-state index in [2.05, 4.69) is 17.9 Å². The number of rotatable bonds is 5. The normalized spacial score (nSPS) is 7.75. The van der Waals surface area contributed by atoms with Gasteiger partial charge < -0.3 is 15.1 Å². The van der Waals surface area contributed by atoms with Crippen LogP contribution in [0, 0.1) is 0 Å². The van der Waals surface area contributed by atoms with Gasteiger partial charge in [0.05, 0.1) is 6.26 Å². The lowest BCUT2D eigenvalue weighted by Gasteiger charge is -2.14. The molecular formula is C8H15NO3. The number of likely N-dealkylation sites (N-methyl/N-ethyl adjacent to an activating group) is 1. The monoisotopic (exact) mass is 173 g/mol. The van der Waals surface area contributed by atoms with Gasteiger partial charge in [-0.3, -0.25) is 0 Å². The number of hydrogen-bond acceptors (Lipinski definition) is 3. The van der Waals surface area contributed by atoms with Gasteiger partial charge in [-0.2, -0.15) is 0 Å². The molecule has 4 heteroatoms. The van der Waals surface area contributed by atoms with Crippen LogP contribution in [0.1, 0.15) is 6.92 Å². The average molecular weight is 173 g/mol. The third-order valence-electron chi connectivity index (χ3n) is 1.21. The molecule has 0 spiro atoms. The van der Waals surface area contributed by atoms with Gasteiger partial charge in [-0.25, -0.2) is 4.79 Å². The van der Waals surface area contributed by atoms with Crippen molar-refractivity contribution in [3.05, 3.63) is 25.6 Å². The molecule has 0 saturated carbocycles. The van der Waals surface area contributed by atoms with Gasteiger partial charge in [-0.15, -0.1) is 0 Å². The molecule has 0 fully saturated rings. The van der Waals surface area contributed by atoms with Crippen molar-refractivity contribution in [3.8, 4) is 0 Å². The molecule has 0 aliphatic rings. The van der Waals surface area contributed by atoms with Crippen molar-refractivity contribution >= 4 is 5.97 Å². The van der Waals surface area contributed by atoms with E-state index in [1.807, 2.05) is 6.92 Å². The maximum Gasteiger partial charge on any atom is 0.330 e. The molecular weight excluding hydrogens is 158 g/mol. The number of carbonyl (C=O) groups excluding carboxylic acids is 1. The molecule has 0 heterocycles. The highest BCUT2D eigenvalue weighted by molar-refractivity contribution is 5.72. The smallest absolute Gasteiger partial charge is 0.330 e. The first-order valence-electron chi connectivity index (χ1n) is 3.41. The molecule has 0 radical (unpaired) electrons. The summed E-state index contributed by atoms with van der Waals surface area (Å²) in [6.45, 7) is 9.72. The second kappa shape index (κ2) is 7.81. The molecule has 0 unspecified atom stereocenters. The number of hydrogen-bond donors (Lipinski definition) is 0. The van der Waals surface area contributed by atoms with E-state index in [-0.39, 0.29) is 18.0 Å².